The molecule has 0 aromatic carbocycles. The normalized spacial score (nSPS) is 12.6. The second kappa shape index (κ2) is 4.82. The van der Waals surface area contributed by atoms with Gasteiger partial charge < -0.3 is 9.53 Å². The van der Waals surface area contributed by atoms with Crippen LogP contribution >= 0.6 is 0 Å². The first-order valence-electron chi connectivity index (χ1n) is 5.15. The monoisotopic (exact) mass is 218 g/mol. The molecule has 0 aliphatic carbocycles. The van der Waals surface area contributed by atoms with Crippen LogP contribution in [-0.4, -0.2) is 19.6 Å². The summed E-state index contributed by atoms with van der Waals surface area (Å²) in [7, 11) is -2.13. The topological polar surface area (TPSA) is 46.5 Å². The van der Waals surface area contributed by atoms with Crippen molar-refractivity contribution in [3.05, 3.63) is 0 Å². The molecule has 84 valence electrons. The van der Waals surface area contributed by atoms with Gasteiger partial charge >= 0.3 is 6.16 Å². The summed E-state index contributed by atoms with van der Waals surface area (Å²) in [6.07, 6.45) is 2.18. The fraction of sp³-hybridized carbons (Fsp3) is 0.900. The Labute approximate surface area is 87.6 Å². The minimum Gasteiger partial charge on any atom is -0.489 e. The minimum absolute atomic E-state index is 0.0153. The van der Waals surface area contributed by atoms with Gasteiger partial charge in [-0.1, -0.05) is 33.6 Å². The molecule has 3 nitrogen and oxygen atoms in total. The van der Waals surface area contributed by atoms with Gasteiger partial charge in [0.25, 0.3) is 8.32 Å². The molecule has 0 aromatic heterocycles. The Morgan fingerprint density at radius 2 is 1.93 bits per heavy atom. The number of hydrogen-bond donors (Lipinski definition) is 1. The Bertz CT molecular complexity index is 200. The average Bonchev–Trinajstić information content (AvgIpc) is 1.98. The fourth-order valence-corrected chi connectivity index (χ4v) is 2.77. The van der Waals surface area contributed by atoms with Crippen LogP contribution < -0.4 is 0 Å². The Balaban J connectivity index is 4.43. The molecule has 0 radical (unpaired) electrons. The number of hydrogen-bond acceptors (Lipinski definition) is 2. The van der Waals surface area contributed by atoms with Gasteiger partial charge in [-0.25, -0.2) is 4.79 Å². The lowest BCUT2D eigenvalue weighted by Crippen LogP contribution is -2.43. The van der Waals surface area contributed by atoms with E-state index in [9.17, 15) is 4.79 Å². The maximum atomic E-state index is 10.5. The zero-order valence-corrected chi connectivity index (χ0v) is 10.9. The van der Waals surface area contributed by atoms with E-state index in [0.29, 0.717) is 0 Å². The summed E-state index contributed by atoms with van der Waals surface area (Å²) in [4.78, 5) is 10.5. The summed E-state index contributed by atoms with van der Waals surface area (Å²) in [5.74, 6) is 0. The first kappa shape index (κ1) is 13.5. The first-order valence-corrected chi connectivity index (χ1v) is 8.05. The highest BCUT2D eigenvalue weighted by Gasteiger charge is 2.43. The number of carbonyl (C=O) groups is 1. The Kier molecular flexibility index (Phi) is 4.64. The average molecular weight is 218 g/mol. The van der Waals surface area contributed by atoms with Crippen LogP contribution in [0.2, 0.25) is 18.1 Å². The fourth-order valence-electron chi connectivity index (χ4n) is 1.28. The lowest BCUT2D eigenvalue weighted by atomic mass is 10.1. The maximum Gasteiger partial charge on any atom is 0.491 e. The molecule has 1 N–H and O–H groups in total. The largest absolute Gasteiger partial charge is 0.491 e. The van der Waals surface area contributed by atoms with Crippen molar-refractivity contribution < 1.29 is 14.3 Å². The van der Waals surface area contributed by atoms with Crippen LogP contribution in [0.4, 0.5) is 4.79 Å². The van der Waals surface area contributed by atoms with E-state index in [1.54, 1.807) is 0 Å². The molecule has 14 heavy (non-hydrogen) atoms. The highest BCUT2D eigenvalue weighted by Crippen LogP contribution is 2.42. The predicted octanol–water partition coefficient (Wildman–Crippen LogP) is 3.86. The Hall–Kier alpha value is -0.513. The number of unbranched alkanes of at least 4 members (excludes halogenated alkanes) is 1. The van der Waals surface area contributed by atoms with Crippen LogP contribution in [0, 0.1) is 0 Å². The third-order valence-electron chi connectivity index (χ3n) is 3.13. The van der Waals surface area contributed by atoms with Crippen LogP contribution in [0.15, 0.2) is 0 Å². The van der Waals surface area contributed by atoms with Crippen molar-refractivity contribution in [1.29, 1.82) is 0 Å². The van der Waals surface area contributed by atoms with E-state index in [2.05, 4.69) is 20.8 Å². The van der Waals surface area contributed by atoms with E-state index in [1.807, 2.05) is 13.1 Å². The van der Waals surface area contributed by atoms with E-state index in [-0.39, 0.29) is 5.04 Å². The molecule has 4 heteroatoms. The van der Waals surface area contributed by atoms with Crippen LogP contribution in [0.25, 0.3) is 0 Å². The summed E-state index contributed by atoms with van der Waals surface area (Å²) < 4.78 is 5.06. The first-order chi connectivity index (χ1) is 6.23. The highest BCUT2D eigenvalue weighted by molar-refractivity contribution is 6.75. The standard InChI is InChI=1S/C10H22O3Si/c1-6-7-8-10(2,3)14(4,5)13-9(11)12/h6-8H2,1-5H3,(H,11,12). The van der Waals surface area contributed by atoms with Crippen molar-refractivity contribution in [1.82, 2.24) is 0 Å². The van der Waals surface area contributed by atoms with Gasteiger partial charge in [0.05, 0.1) is 0 Å². The molecule has 0 fully saturated rings. The van der Waals surface area contributed by atoms with Gasteiger partial charge in [0.15, 0.2) is 0 Å². The van der Waals surface area contributed by atoms with Crippen molar-refractivity contribution in [2.45, 2.75) is 58.2 Å². The lowest BCUT2D eigenvalue weighted by molar-refractivity contribution is 0.138. The number of rotatable bonds is 5. The Morgan fingerprint density at radius 3 is 2.29 bits per heavy atom. The third-order valence-corrected chi connectivity index (χ3v) is 7.32. The lowest BCUT2D eigenvalue weighted by Gasteiger charge is -2.37. The van der Waals surface area contributed by atoms with Crippen molar-refractivity contribution in [3.8, 4) is 0 Å². The van der Waals surface area contributed by atoms with Crippen LogP contribution in [0.3, 0.4) is 0 Å². The van der Waals surface area contributed by atoms with Crippen molar-refractivity contribution >= 4 is 14.5 Å². The molecule has 0 aliphatic heterocycles. The predicted molar refractivity (Wildman–Crippen MR) is 60.2 cm³/mol. The van der Waals surface area contributed by atoms with Crippen molar-refractivity contribution in [3.63, 3.8) is 0 Å². The van der Waals surface area contributed by atoms with Gasteiger partial charge in [0.2, 0.25) is 0 Å². The van der Waals surface area contributed by atoms with Crippen molar-refractivity contribution in [2.75, 3.05) is 0 Å². The van der Waals surface area contributed by atoms with E-state index < -0.39 is 14.5 Å². The summed E-state index contributed by atoms with van der Waals surface area (Å²) >= 11 is 0. The molecule has 0 atom stereocenters. The molecule has 0 aliphatic rings. The number of carboxylic acid groups (broad SMARTS) is 1. The van der Waals surface area contributed by atoms with E-state index in [4.69, 9.17) is 9.53 Å². The molecule has 0 rings (SSSR count). The maximum absolute atomic E-state index is 10.5. The van der Waals surface area contributed by atoms with Gasteiger partial charge in [0.1, 0.15) is 0 Å². The van der Waals surface area contributed by atoms with Crippen LogP contribution in [-0.2, 0) is 4.43 Å². The molecule has 0 bridgehead atoms. The van der Waals surface area contributed by atoms with Gasteiger partial charge in [-0.05, 0) is 24.6 Å². The summed E-state index contributed by atoms with van der Waals surface area (Å²) in [6, 6.07) is 0. The van der Waals surface area contributed by atoms with Crippen LogP contribution in [0.1, 0.15) is 40.0 Å². The van der Waals surface area contributed by atoms with E-state index in [1.165, 1.54) is 0 Å². The van der Waals surface area contributed by atoms with E-state index in [0.717, 1.165) is 19.3 Å². The smallest absolute Gasteiger partial charge is 0.489 e. The van der Waals surface area contributed by atoms with Crippen LogP contribution in [0.5, 0.6) is 0 Å². The molecule has 0 saturated carbocycles. The quantitative estimate of drug-likeness (QED) is 0.713. The molecular formula is C10H22O3Si. The van der Waals surface area contributed by atoms with E-state index >= 15 is 0 Å². The molecular weight excluding hydrogens is 196 g/mol. The second-order valence-corrected chi connectivity index (χ2v) is 9.44. The van der Waals surface area contributed by atoms with Gasteiger partial charge in [-0.3, -0.25) is 0 Å². The highest BCUT2D eigenvalue weighted by atomic mass is 28.4. The minimum atomic E-state index is -2.13. The van der Waals surface area contributed by atoms with Gasteiger partial charge in [-0.15, -0.1) is 0 Å². The molecule has 0 aromatic rings. The molecule has 0 amide bonds. The summed E-state index contributed by atoms with van der Waals surface area (Å²) in [6.45, 7) is 10.3. The zero-order valence-electron chi connectivity index (χ0n) is 9.89. The van der Waals surface area contributed by atoms with Crippen molar-refractivity contribution in [2.24, 2.45) is 0 Å². The SMILES string of the molecule is CCCCC(C)(C)[Si](C)(C)OC(=O)O. The zero-order chi connectivity index (χ0) is 11.4. The summed E-state index contributed by atoms with van der Waals surface area (Å²) in [5.41, 5.74) is 0. The van der Waals surface area contributed by atoms with Gasteiger partial charge in [0, 0.05) is 0 Å². The van der Waals surface area contributed by atoms with Gasteiger partial charge in [-0.2, -0.15) is 0 Å². The summed E-state index contributed by atoms with van der Waals surface area (Å²) in [5, 5.41) is 8.67. The molecule has 0 unspecified atom stereocenters. The third kappa shape index (κ3) is 3.70. The Morgan fingerprint density at radius 1 is 1.43 bits per heavy atom. The second-order valence-electron chi connectivity index (χ2n) is 4.87. The molecule has 0 heterocycles. The molecule has 0 spiro atoms. The molecule has 0 saturated heterocycles.